The highest BCUT2D eigenvalue weighted by Gasteiger charge is 2.28. The Hall–Kier alpha value is -1.97. The fourth-order valence-electron chi connectivity index (χ4n) is 1.61. The van der Waals surface area contributed by atoms with Crippen LogP contribution in [0.25, 0.3) is 11.2 Å². The van der Waals surface area contributed by atoms with Gasteiger partial charge in [0.05, 0.1) is 12.9 Å². The predicted octanol–water partition coefficient (Wildman–Crippen LogP) is -1.76. The molecule has 0 saturated carbocycles. The molecule has 9 heteroatoms. The van der Waals surface area contributed by atoms with Crippen LogP contribution in [0.5, 0.6) is 0 Å². The van der Waals surface area contributed by atoms with Crippen molar-refractivity contribution in [2.24, 2.45) is 0 Å². The number of hydrogen-bond acceptors (Lipinski definition) is 7. The van der Waals surface area contributed by atoms with Crippen molar-refractivity contribution in [3.63, 3.8) is 0 Å². The van der Waals surface area contributed by atoms with Gasteiger partial charge in [0.25, 0.3) is 11.8 Å². The van der Waals surface area contributed by atoms with E-state index in [0.29, 0.717) is 0 Å². The number of nitrogens with one attached hydrogen (secondary N) is 1. The van der Waals surface area contributed by atoms with Crippen molar-refractivity contribution in [2.75, 3.05) is 13.2 Å². The lowest BCUT2D eigenvalue weighted by molar-refractivity contribution is -0.155. The lowest BCUT2D eigenvalue weighted by Crippen LogP contribution is -2.28. The number of rotatable bonds is 3. The smallest absolute Gasteiger partial charge is 0.279 e. The summed E-state index contributed by atoms with van der Waals surface area (Å²) >= 11 is 0. The Morgan fingerprint density at radius 3 is 3.28 bits per heavy atom. The maximum absolute atomic E-state index is 11.4. The first-order chi connectivity index (χ1) is 8.78. The summed E-state index contributed by atoms with van der Waals surface area (Å²) < 4.78 is 11.5. The zero-order valence-electron chi connectivity index (χ0n) is 9.15. The number of fused-ring (bicyclic) bond motifs is 1. The zero-order chi connectivity index (χ0) is 12.5. The summed E-state index contributed by atoms with van der Waals surface area (Å²) in [4.78, 5) is 27.1. The van der Waals surface area contributed by atoms with Gasteiger partial charge < -0.3 is 24.4 Å². The molecule has 2 aromatic heterocycles. The topological polar surface area (TPSA) is 111 Å². The van der Waals surface area contributed by atoms with Crippen LogP contribution in [0, 0.1) is 0 Å². The van der Waals surface area contributed by atoms with E-state index in [9.17, 15) is 4.79 Å². The molecule has 0 bridgehead atoms. The minimum absolute atomic E-state index is 0.175. The van der Waals surface area contributed by atoms with E-state index < -0.39 is 12.6 Å². The molecule has 2 atom stereocenters. The molecule has 2 aromatic rings. The van der Waals surface area contributed by atoms with Gasteiger partial charge in [-0.25, -0.2) is 9.97 Å². The third kappa shape index (κ3) is 1.83. The van der Waals surface area contributed by atoms with Gasteiger partial charge in [-0.05, 0) is 0 Å². The first kappa shape index (κ1) is 11.1. The molecule has 3 heterocycles. The van der Waals surface area contributed by atoms with E-state index in [4.69, 9.17) is 19.4 Å². The van der Waals surface area contributed by atoms with Crippen molar-refractivity contribution in [1.29, 1.82) is 0 Å². The van der Waals surface area contributed by atoms with E-state index in [1.165, 1.54) is 17.4 Å². The number of aromatic nitrogens is 4. The van der Waals surface area contributed by atoms with Gasteiger partial charge in [0.15, 0.2) is 11.8 Å². The summed E-state index contributed by atoms with van der Waals surface area (Å²) in [6.07, 6.45) is 1.21. The minimum atomic E-state index is -0.693. The van der Waals surface area contributed by atoms with E-state index in [2.05, 4.69) is 15.0 Å². The molecule has 0 amide bonds. The number of H-pyrrole nitrogens is 1. The number of aliphatic hydroxyl groups is 1. The Balaban J connectivity index is 1.83. The molecule has 96 valence electrons. The van der Waals surface area contributed by atoms with Crippen molar-refractivity contribution in [3.05, 3.63) is 23.0 Å². The third-order valence-electron chi connectivity index (χ3n) is 2.41. The molecule has 1 fully saturated rings. The SMILES string of the molecule is O=c1[nH]cnc2c1ncn2O[C@H]1COC(CO)O1. The Labute approximate surface area is 99.9 Å². The summed E-state index contributed by atoms with van der Waals surface area (Å²) in [6.45, 7) is -0.0729. The fourth-order valence-corrected chi connectivity index (χ4v) is 1.61. The lowest BCUT2D eigenvalue weighted by atomic mass is 10.5. The Morgan fingerprint density at radius 2 is 2.50 bits per heavy atom. The largest absolute Gasteiger partial charge is 0.391 e. The van der Waals surface area contributed by atoms with Gasteiger partial charge in [-0.1, -0.05) is 0 Å². The quantitative estimate of drug-likeness (QED) is 0.667. The number of imidazole rings is 1. The van der Waals surface area contributed by atoms with Gasteiger partial charge in [-0.15, -0.1) is 4.73 Å². The lowest BCUT2D eigenvalue weighted by Gasteiger charge is -2.11. The van der Waals surface area contributed by atoms with Crippen molar-refractivity contribution >= 4 is 11.2 Å². The van der Waals surface area contributed by atoms with Crippen LogP contribution in [0.2, 0.25) is 0 Å². The highest BCUT2D eigenvalue weighted by atomic mass is 16.9. The van der Waals surface area contributed by atoms with Crippen LogP contribution in [0.1, 0.15) is 0 Å². The molecule has 0 radical (unpaired) electrons. The molecule has 9 nitrogen and oxygen atoms in total. The summed E-state index contributed by atoms with van der Waals surface area (Å²) in [6, 6.07) is 0. The molecule has 0 aromatic carbocycles. The highest BCUT2D eigenvalue weighted by Crippen LogP contribution is 2.11. The normalized spacial score (nSPS) is 23.6. The van der Waals surface area contributed by atoms with Crippen molar-refractivity contribution in [1.82, 2.24) is 19.7 Å². The van der Waals surface area contributed by atoms with Gasteiger partial charge >= 0.3 is 0 Å². The van der Waals surface area contributed by atoms with Gasteiger partial charge in [0.2, 0.25) is 5.65 Å². The number of aromatic amines is 1. The molecule has 0 spiro atoms. The third-order valence-corrected chi connectivity index (χ3v) is 2.41. The van der Waals surface area contributed by atoms with E-state index in [0.717, 1.165) is 0 Å². The van der Waals surface area contributed by atoms with E-state index >= 15 is 0 Å². The average Bonchev–Trinajstić information content (AvgIpc) is 2.98. The van der Waals surface area contributed by atoms with Crippen molar-refractivity contribution in [3.8, 4) is 0 Å². The molecule has 0 aliphatic carbocycles. The Morgan fingerprint density at radius 1 is 1.61 bits per heavy atom. The van der Waals surface area contributed by atoms with Gasteiger partial charge in [-0.3, -0.25) is 4.79 Å². The predicted molar refractivity (Wildman–Crippen MR) is 56.4 cm³/mol. The minimum Gasteiger partial charge on any atom is -0.391 e. The molecular formula is C9H10N4O5. The molecule has 1 aliphatic heterocycles. The summed E-state index contributed by atoms with van der Waals surface area (Å²) in [5, 5.41) is 8.84. The Bertz CT molecular complexity index is 608. The van der Waals surface area contributed by atoms with E-state index in [1.807, 2.05) is 0 Å². The molecule has 3 rings (SSSR count). The average molecular weight is 254 g/mol. The van der Waals surface area contributed by atoms with Crippen LogP contribution in [-0.2, 0) is 9.47 Å². The molecule has 1 saturated heterocycles. The van der Waals surface area contributed by atoms with Crippen LogP contribution in [0.15, 0.2) is 17.4 Å². The molecule has 2 N–H and O–H groups in total. The van der Waals surface area contributed by atoms with Crippen LogP contribution in [0.4, 0.5) is 0 Å². The van der Waals surface area contributed by atoms with Crippen LogP contribution in [-0.4, -0.2) is 50.6 Å². The van der Waals surface area contributed by atoms with Crippen LogP contribution in [0.3, 0.4) is 0 Å². The first-order valence-electron chi connectivity index (χ1n) is 5.23. The summed E-state index contributed by atoms with van der Waals surface area (Å²) in [5.41, 5.74) is 0.115. The second kappa shape index (κ2) is 4.37. The summed E-state index contributed by atoms with van der Waals surface area (Å²) in [7, 11) is 0. The maximum Gasteiger partial charge on any atom is 0.279 e. The number of ether oxygens (including phenoxy) is 2. The van der Waals surface area contributed by atoms with E-state index in [1.54, 1.807) is 0 Å². The van der Waals surface area contributed by atoms with Crippen molar-refractivity contribution in [2.45, 2.75) is 12.6 Å². The maximum atomic E-state index is 11.4. The van der Waals surface area contributed by atoms with Gasteiger partial charge in [0.1, 0.15) is 12.9 Å². The number of aliphatic hydroxyl groups excluding tert-OH is 1. The second-order valence-corrected chi connectivity index (χ2v) is 3.59. The van der Waals surface area contributed by atoms with Crippen LogP contribution < -0.4 is 10.4 Å². The van der Waals surface area contributed by atoms with Crippen LogP contribution >= 0.6 is 0 Å². The highest BCUT2D eigenvalue weighted by molar-refractivity contribution is 5.68. The molecule has 1 unspecified atom stereocenters. The number of nitrogens with zero attached hydrogens (tertiary/aromatic N) is 3. The Kier molecular flexibility index (Phi) is 2.70. The fraction of sp³-hybridized carbons (Fsp3) is 0.444. The van der Waals surface area contributed by atoms with Gasteiger partial charge in [-0.2, -0.15) is 0 Å². The second-order valence-electron chi connectivity index (χ2n) is 3.59. The monoisotopic (exact) mass is 254 g/mol. The first-order valence-corrected chi connectivity index (χ1v) is 5.23. The summed E-state index contributed by atoms with van der Waals surface area (Å²) in [5.74, 6) is 0. The molecule has 1 aliphatic rings. The van der Waals surface area contributed by atoms with E-state index in [-0.39, 0.29) is 29.9 Å². The van der Waals surface area contributed by atoms with Crippen molar-refractivity contribution < 1.29 is 19.4 Å². The van der Waals surface area contributed by atoms with Gasteiger partial charge in [0, 0.05) is 0 Å². The number of hydrogen-bond donors (Lipinski definition) is 2. The molecular weight excluding hydrogens is 244 g/mol. The molecule has 18 heavy (non-hydrogen) atoms. The standard InChI is InChI=1S/C9H10N4O5/c14-1-5-16-2-6(17-5)18-13-4-12-7-8(13)10-3-11-9(7)15/h3-6,14H,1-2H2,(H,10,11,15)/t5?,6-/m0/s1. The zero-order valence-corrected chi connectivity index (χ0v) is 9.15.